The van der Waals surface area contributed by atoms with Crippen molar-refractivity contribution in [3.05, 3.63) is 24.4 Å². The van der Waals surface area contributed by atoms with Crippen LogP contribution in [0, 0.1) is 0 Å². The lowest BCUT2D eigenvalue weighted by Crippen LogP contribution is -2.42. The first-order valence-electron chi connectivity index (χ1n) is 5.90. The van der Waals surface area contributed by atoms with Crippen molar-refractivity contribution < 1.29 is 9.90 Å². The Balaban J connectivity index is 1.84. The third-order valence-electron chi connectivity index (χ3n) is 3.21. The zero-order chi connectivity index (χ0) is 12.5. The zero-order valence-electron chi connectivity index (χ0n) is 9.68. The largest absolute Gasteiger partial charge is 0.391 e. The molecule has 6 heteroatoms. The van der Waals surface area contributed by atoms with Crippen LogP contribution < -0.4 is 10.6 Å². The Bertz CT molecular complexity index is 580. The first kappa shape index (κ1) is 11.2. The van der Waals surface area contributed by atoms with Gasteiger partial charge in [0, 0.05) is 5.39 Å². The van der Waals surface area contributed by atoms with E-state index in [-0.39, 0.29) is 5.91 Å². The molecule has 1 amide bonds. The molecule has 0 spiro atoms. The number of nitrogens with one attached hydrogen (secondary N) is 3. The van der Waals surface area contributed by atoms with Gasteiger partial charge in [-0.25, -0.2) is 0 Å². The molecular weight excluding hydrogens is 232 g/mol. The average Bonchev–Trinajstić information content (AvgIpc) is 2.97. The summed E-state index contributed by atoms with van der Waals surface area (Å²) in [6.07, 6.45) is 1.66. The van der Waals surface area contributed by atoms with Crippen molar-refractivity contribution in [2.24, 2.45) is 0 Å². The molecule has 6 nitrogen and oxygen atoms in total. The van der Waals surface area contributed by atoms with Gasteiger partial charge in [-0.1, -0.05) is 6.07 Å². The van der Waals surface area contributed by atoms with Crippen LogP contribution in [0.1, 0.15) is 6.42 Å². The van der Waals surface area contributed by atoms with Gasteiger partial charge in [0.15, 0.2) is 0 Å². The van der Waals surface area contributed by atoms with E-state index in [0.29, 0.717) is 18.7 Å². The lowest BCUT2D eigenvalue weighted by atomic mass is 10.1. The maximum Gasteiger partial charge on any atom is 0.244 e. The highest BCUT2D eigenvalue weighted by Crippen LogP contribution is 2.21. The zero-order valence-corrected chi connectivity index (χ0v) is 9.68. The molecule has 2 atom stereocenters. The van der Waals surface area contributed by atoms with Crippen LogP contribution >= 0.6 is 0 Å². The van der Waals surface area contributed by atoms with Gasteiger partial charge in [-0.05, 0) is 25.1 Å². The van der Waals surface area contributed by atoms with Crippen LogP contribution in [0.5, 0.6) is 0 Å². The molecule has 1 fully saturated rings. The van der Waals surface area contributed by atoms with Gasteiger partial charge >= 0.3 is 0 Å². The Morgan fingerprint density at radius 2 is 2.39 bits per heavy atom. The minimum absolute atomic E-state index is 0.214. The minimum atomic E-state index is -0.617. The number of H-pyrrole nitrogens is 1. The van der Waals surface area contributed by atoms with Crippen molar-refractivity contribution in [2.45, 2.75) is 18.6 Å². The second-order valence-corrected chi connectivity index (χ2v) is 4.41. The van der Waals surface area contributed by atoms with Crippen LogP contribution in [-0.4, -0.2) is 39.9 Å². The Hall–Kier alpha value is -1.92. The predicted molar refractivity (Wildman–Crippen MR) is 67.1 cm³/mol. The van der Waals surface area contributed by atoms with Crippen molar-refractivity contribution in [3.63, 3.8) is 0 Å². The van der Waals surface area contributed by atoms with Crippen LogP contribution in [0.4, 0.5) is 5.69 Å². The van der Waals surface area contributed by atoms with Gasteiger partial charge in [0.05, 0.1) is 23.5 Å². The van der Waals surface area contributed by atoms with E-state index < -0.39 is 12.1 Å². The minimum Gasteiger partial charge on any atom is -0.391 e. The summed E-state index contributed by atoms with van der Waals surface area (Å²) in [6, 6.07) is 5.01. The molecule has 1 aromatic heterocycles. The molecule has 4 N–H and O–H groups in total. The van der Waals surface area contributed by atoms with Crippen molar-refractivity contribution in [2.75, 3.05) is 11.9 Å². The number of aliphatic hydroxyl groups is 1. The quantitative estimate of drug-likeness (QED) is 0.610. The second kappa shape index (κ2) is 4.40. The molecule has 0 aliphatic carbocycles. The summed E-state index contributed by atoms with van der Waals surface area (Å²) in [4.78, 5) is 12.0. The van der Waals surface area contributed by atoms with Crippen LogP contribution in [-0.2, 0) is 4.79 Å². The molecule has 2 heterocycles. The Morgan fingerprint density at radius 1 is 1.50 bits per heavy atom. The van der Waals surface area contributed by atoms with E-state index in [1.807, 2.05) is 18.2 Å². The highest BCUT2D eigenvalue weighted by molar-refractivity contribution is 6.03. The molecule has 0 bridgehead atoms. The molecule has 3 rings (SSSR count). The van der Waals surface area contributed by atoms with Gasteiger partial charge in [0.25, 0.3) is 0 Å². The number of hydrogen-bond donors (Lipinski definition) is 4. The summed E-state index contributed by atoms with van der Waals surface area (Å²) in [5.41, 5.74) is 1.57. The third kappa shape index (κ3) is 1.85. The summed E-state index contributed by atoms with van der Waals surface area (Å²) in [5, 5.41) is 23.1. The number of benzene rings is 1. The number of hydrogen-bond acceptors (Lipinski definition) is 4. The third-order valence-corrected chi connectivity index (χ3v) is 3.21. The SMILES string of the molecule is O=C(Nc1cccc2[nH]ncc12)[C@@H]1NCC[C@@H]1O. The van der Waals surface area contributed by atoms with Crippen molar-refractivity contribution >= 4 is 22.5 Å². The van der Waals surface area contributed by atoms with Crippen molar-refractivity contribution in [1.29, 1.82) is 0 Å². The fourth-order valence-corrected chi connectivity index (χ4v) is 2.24. The monoisotopic (exact) mass is 246 g/mol. The lowest BCUT2D eigenvalue weighted by molar-refractivity contribution is -0.119. The number of rotatable bonds is 2. The number of aromatic nitrogens is 2. The number of anilines is 1. The molecule has 1 aliphatic rings. The van der Waals surface area contributed by atoms with Crippen LogP contribution in [0.25, 0.3) is 10.9 Å². The topological polar surface area (TPSA) is 90.0 Å². The average molecular weight is 246 g/mol. The summed E-state index contributed by atoms with van der Waals surface area (Å²) in [6.45, 7) is 0.662. The number of aliphatic hydroxyl groups excluding tert-OH is 1. The van der Waals surface area contributed by atoms with E-state index in [0.717, 1.165) is 10.9 Å². The standard InChI is InChI=1S/C12H14N4O2/c17-10-4-5-13-11(10)12(18)15-8-2-1-3-9-7(8)6-14-16-9/h1-3,6,10-11,13,17H,4-5H2,(H,14,16)(H,15,18)/t10-,11+/m0/s1. The lowest BCUT2D eigenvalue weighted by Gasteiger charge is -2.15. The van der Waals surface area contributed by atoms with Crippen LogP contribution in [0.2, 0.25) is 0 Å². The summed E-state index contributed by atoms with van der Waals surface area (Å²) in [7, 11) is 0. The highest BCUT2D eigenvalue weighted by Gasteiger charge is 2.31. The fraction of sp³-hybridized carbons (Fsp3) is 0.333. The normalized spacial score (nSPS) is 23.4. The molecule has 94 valence electrons. The molecule has 2 aromatic rings. The van der Waals surface area contributed by atoms with E-state index in [1.54, 1.807) is 6.20 Å². The Kier molecular flexibility index (Phi) is 2.73. The summed E-state index contributed by atoms with van der Waals surface area (Å²) < 4.78 is 0. The van der Waals surface area contributed by atoms with E-state index >= 15 is 0 Å². The molecule has 1 aliphatic heterocycles. The van der Waals surface area contributed by atoms with E-state index in [4.69, 9.17) is 0 Å². The molecule has 0 saturated carbocycles. The van der Waals surface area contributed by atoms with Gasteiger partial charge < -0.3 is 15.7 Å². The first-order chi connectivity index (χ1) is 8.75. The maximum absolute atomic E-state index is 12.0. The van der Waals surface area contributed by atoms with Crippen LogP contribution in [0.15, 0.2) is 24.4 Å². The van der Waals surface area contributed by atoms with Gasteiger partial charge in [0.2, 0.25) is 5.91 Å². The van der Waals surface area contributed by atoms with Gasteiger partial charge in [-0.15, -0.1) is 0 Å². The van der Waals surface area contributed by atoms with Gasteiger partial charge in [0.1, 0.15) is 6.04 Å². The number of nitrogens with zero attached hydrogens (tertiary/aromatic N) is 1. The molecule has 1 aromatic carbocycles. The highest BCUT2D eigenvalue weighted by atomic mass is 16.3. The Morgan fingerprint density at radius 3 is 3.17 bits per heavy atom. The van der Waals surface area contributed by atoms with Gasteiger partial charge in [-0.2, -0.15) is 5.10 Å². The van der Waals surface area contributed by atoms with E-state index in [9.17, 15) is 9.90 Å². The van der Waals surface area contributed by atoms with Gasteiger partial charge in [-0.3, -0.25) is 9.89 Å². The number of carbonyl (C=O) groups excluding carboxylic acids is 1. The molecule has 0 radical (unpaired) electrons. The first-order valence-corrected chi connectivity index (χ1v) is 5.90. The fourth-order valence-electron chi connectivity index (χ4n) is 2.24. The number of amides is 1. The number of carbonyl (C=O) groups is 1. The number of aromatic amines is 1. The second-order valence-electron chi connectivity index (χ2n) is 4.41. The molecular formula is C12H14N4O2. The predicted octanol–water partition coefficient (Wildman–Crippen LogP) is 0.224. The smallest absolute Gasteiger partial charge is 0.244 e. The van der Waals surface area contributed by atoms with Crippen molar-refractivity contribution in [3.8, 4) is 0 Å². The van der Waals surface area contributed by atoms with E-state index in [2.05, 4.69) is 20.8 Å². The molecule has 0 unspecified atom stereocenters. The molecule has 18 heavy (non-hydrogen) atoms. The van der Waals surface area contributed by atoms with E-state index in [1.165, 1.54) is 0 Å². The Labute approximate surface area is 103 Å². The van der Waals surface area contributed by atoms with Crippen molar-refractivity contribution in [1.82, 2.24) is 15.5 Å². The van der Waals surface area contributed by atoms with Crippen LogP contribution in [0.3, 0.4) is 0 Å². The molecule has 1 saturated heterocycles. The summed E-state index contributed by atoms with van der Waals surface area (Å²) >= 11 is 0. The maximum atomic E-state index is 12.0. The summed E-state index contributed by atoms with van der Waals surface area (Å²) in [5.74, 6) is -0.214. The number of fused-ring (bicyclic) bond motifs is 1.